The molecule has 3 heteroatoms. The fourth-order valence-electron chi connectivity index (χ4n) is 3.07. The lowest BCUT2D eigenvalue weighted by atomic mass is 9.98. The zero-order valence-corrected chi connectivity index (χ0v) is 15.0. The third-order valence-electron chi connectivity index (χ3n) is 5.26. The molecule has 1 aliphatic heterocycles. The second kappa shape index (κ2) is 5.34. The zero-order valence-electron chi connectivity index (χ0n) is 12.4. The van der Waals surface area contributed by atoms with Gasteiger partial charge in [-0.05, 0) is 30.2 Å². The third kappa shape index (κ3) is 2.66. The van der Waals surface area contributed by atoms with Crippen LogP contribution in [0.4, 0.5) is 0 Å². The van der Waals surface area contributed by atoms with Crippen molar-refractivity contribution in [2.24, 2.45) is 5.92 Å². The maximum absolute atomic E-state index is 6.44. The summed E-state index contributed by atoms with van der Waals surface area (Å²) in [6.07, 6.45) is 3.84. The molecule has 0 saturated carbocycles. The van der Waals surface area contributed by atoms with E-state index in [9.17, 15) is 0 Å². The smallest absolute Gasteiger partial charge is 0.0911 e. The van der Waals surface area contributed by atoms with Gasteiger partial charge in [0.25, 0.3) is 0 Å². The number of ether oxygens (including phenoxy) is 1. The Bertz CT molecular complexity index is 251. The fourth-order valence-corrected chi connectivity index (χ4v) is 7.76. The Kier molecular flexibility index (Phi) is 4.93. The van der Waals surface area contributed by atoms with Crippen molar-refractivity contribution in [3.05, 3.63) is 0 Å². The number of halogens is 1. The fraction of sp³-hybridized carbons (Fsp3) is 1.00. The molecule has 0 radical (unpaired) electrons. The number of hydrogen-bond donors (Lipinski definition) is 0. The molecule has 2 unspecified atom stereocenters. The maximum Gasteiger partial charge on any atom is 0.0911 e. The van der Waals surface area contributed by atoms with Crippen LogP contribution < -0.4 is 0 Å². The van der Waals surface area contributed by atoms with Gasteiger partial charge >= 0.3 is 0 Å². The molecule has 1 heterocycles. The molecule has 102 valence electrons. The highest BCUT2D eigenvalue weighted by molar-refractivity contribution is 9.09. The van der Waals surface area contributed by atoms with Crippen molar-refractivity contribution in [1.82, 2.24) is 0 Å². The monoisotopic (exact) mass is 320 g/mol. The molecule has 1 saturated heterocycles. The molecule has 17 heavy (non-hydrogen) atoms. The zero-order chi connectivity index (χ0) is 13.3. The van der Waals surface area contributed by atoms with E-state index in [1.165, 1.54) is 19.3 Å². The van der Waals surface area contributed by atoms with Crippen molar-refractivity contribution >= 4 is 24.0 Å². The first-order valence-corrected chi connectivity index (χ1v) is 11.0. The highest BCUT2D eigenvalue weighted by atomic mass is 79.9. The van der Waals surface area contributed by atoms with Crippen LogP contribution in [0.3, 0.4) is 0 Å². The molecule has 2 atom stereocenters. The standard InChI is InChI=1S/C14H29BrOSi/c1-12(11-15)14(9-7-8-10-16-14)17(5,6)13(2,3)4/h12H,7-11H2,1-6H3. The van der Waals surface area contributed by atoms with Gasteiger partial charge in [0, 0.05) is 11.9 Å². The maximum atomic E-state index is 6.44. The van der Waals surface area contributed by atoms with Crippen molar-refractivity contribution in [2.75, 3.05) is 11.9 Å². The summed E-state index contributed by atoms with van der Waals surface area (Å²) in [5, 5.41) is 1.60. The van der Waals surface area contributed by atoms with E-state index in [2.05, 4.69) is 56.7 Å². The highest BCUT2D eigenvalue weighted by Gasteiger charge is 2.56. The summed E-state index contributed by atoms with van der Waals surface area (Å²) >= 11 is 3.69. The van der Waals surface area contributed by atoms with Crippen LogP contribution in [-0.2, 0) is 4.74 Å². The van der Waals surface area contributed by atoms with Gasteiger partial charge in [-0.3, -0.25) is 0 Å². The molecule has 1 aliphatic rings. The Balaban J connectivity index is 3.14. The van der Waals surface area contributed by atoms with Crippen molar-refractivity contribution in [1.29, 1.82) is 0 Å². The summed E-state index contributed by atoms with van der Waals surface area (Å²) in [7, 11) is -1.49. The molecule has 0 amide bonds. The van der Waals surface area contributed by atoms with Gasteiger partial charge in [0.15, 0.2) is 0 Å². The first-order chi connectivity index (χ1) is 7.69. The Hall–Kier alpha value is 0.657. The molecule has 0 aromatic rings. The molecule has 0 N–H and O–H groups in total. The minimum absolute atomic E-state index is 0.160. The van der Waals surface area contributed by atoms with E-state index in [1.807, 2.05) is 0 Å². The second-order valence-corrected chi connectivity index (χ2v) is 13.4. The largest absolute Gasteiger partial charge is 0.378 e. The molecule has 0 bridgehead atoms. The topological polar surface area (TPSA) is 9.23 Å². The SMILES string of the molecule is CC(CBr)C1([Si](C)(C)C(C)(C)C)CCCCO1. The van der Waals surface area contributed by atoms with Gasteiger partial charge < -0.3 is 4.74 Å². The Labute approximate surface area is 117 Å². The van der Waals surface area contributed by atoms with Gasteiger partial charge in [0.2, 0.25) is 0 Å². The quantitative estimate of drug-likeness (QED) is 0.525. The number of hydrogen-bond acceptors (Lipinski definition) is 1. The van der Waals surface area contributed by atoms with E-state index in [0.29, 0.717) is 11.0 Å². The van der Waals surface area contributed by atoms with Crippen molar-refractivity contribution in [3.63, 3.8) is 0 Å². The highest BCUT2D eigenvalue weighted by Crippen LogP contribution is 2.51. The Morgan fingerprint density at radius 2 is 1.88 bits per heavy atom. The molecule has 0 aromatic heterocycles. The van der Waals surface area contributed by atoms with Crippen molar-refractivity contribution in [2.45, 2.75) is 70.3 Å². The van der Waals surface area contributed by atoms with Crippen LogP contribution in [0.15, 0.2) is 0 Å². The molecule has 0 aromatic carbocycles. The van der Waals surface area contributed by atoms with Gasteiger partial charge in [-0.15, -0.1) is 0 Å². The molecule has 1 rings (SSSR count). The normalized spacial score (nSPS) is 29.1. The van der Waals surface area contributed by atoms with Crippen LogP contribution in [0.5, 0.6) is 0 Å². The Morgan fingerprint density at radius 1 is 1.29 bits per heavy atom. The predicted molar refractivity (Wildman–Crippen MR) is 82.7 cm³/mol. The minimum Gasteiger partial charge on any atom is -0.378 e. The summed E-state index contributed by atoms with van der Waals surface area (Å²) in [4.78, 5) is 0. The van der Waals surface area contributed by atoms with Crippen LogP contribution in [0.25, 0.3) is 0 Å². The summed E-state index contributed by atoms with van der Waals surface area (Å²) in [5.74, 6) is 0.615. The molecule has 1 fully saturated rings. The minimum atomic E-state index is -1.49. The van der Waals surface area contributed by atoms with E-state index >= 15 is 0 Å². The summed E-state index contributed by atoms with van der Waals surface area (Å²) in [5.41, 5.74) is 0. The van der Waals surface area contributed by atoms with Crippen molar-refractivity contribution in [3.8, 4) is 0 Å². The summed E-state index contributed by atoms with van der Waals surface area (Å²) < 4.78 is 6.44. The average Bonchev–Trinajstić information content (AvgIpc) is 2.27. The van der Waals surface area contributed by atoms with E-state index in [0.717, 1.165) is 11.9 Å². The van der Waals surface area contributed by atoms with Crippen LogP contribution in [0.1, 0.15) is 47.0 Å². The van der Waals surface area contributed by atoms with Gasteiger partial charge in [-0.2, -0.15) is 0 Å². The summed E-state index contributed by atoms with van der Waals surface area (Å²) in [6, 6.07) is 0. The van der Waals surface area contributed by atoms with E-state index < -0.39 is 8.07 Å². The lowest BCUT2D eigenvalue weighted by Gasteiger charge is -2.56. The van der Waals surface area contributed by atoms with E-state index in [1.54, 1.807) is 0 Å². The first kappa shape index (κ1) is 15.7. The summed E-state index contributed by atoms with van der Waals surface area (Å²) in [6.45, 7) is 15.6. The second-order valence-electron chi connectivity index (χ2n) is 7.13. The van der Waals surface area contributed by atoms with E-state index in [4.69, 9.17) is 4.74 Å². The van der Waals surface area contributed by atoms with Gasteiger partial charge in [0.1, 0.15) is 0 Å². The molecule has 1 nitrogen and oxygen atoms in total. The first-order valence-electron chi connectivity index (χ1n) is 6.89. The van der Waals surface area contributed by atoms with Crippen molar-refractivity contribution < 1.29 is 4.74 Å². The van der Waals surface area contributed by atoms with Crippen LogP contribution in [0, 0.1) is 5.92 Å². The number of rotatable bonds is 3. The predicted octanol–water partition coefficient (Wildman–Crippen LogP) is 5.00. The average molecular weight is 321 g/mol. The van der Waals surface area contributed by atoms with E-state index in [-0.39, 0.29) is 5.22 Å². The third-order valence-corrected chi connectivity index (χ3v) is 13.0. The van der Waals surface area contributed by atoms with Gasteiger partial charge in [-0.25, -0.2) is 0 Å². The molecule has 0 aliphatic carbocycles. The lowest BCUT2D eigenvalue weighted by molar-refractivity contribution is -0.0562. The van der Waals surface area contributed by atoms with Crippen LogP contribution in [0.2, 0.25) is 18.1 Å². The number of alkyl halides is 1. The van der Waals surface area contributed by atoms with Gasteiger partial charge in [0.05, 0.1) is 13.3 Å². The molecular weight excluding hydrogens is 292 g/mol. The Morgan fingerprint density at radius 3 is 2.24 bits per heavy atom. The van der Waals surface area contributed by atoms with Gasteiger partial charge in [-0.1, -0.05) is 56.7 Å². The molecular formula is C14H29BrOSi. The van der Waals surface area contributed by atoms with Crippen LogP contribution in [-0.4, -0.2) is 25.2 Å². The lowest BCUT2D eigenvalue weighted by Crippen LogP contribution is -2.65. The van der Waals surface area contributed by atoms with Crippen LogP contribution >= 0.6 is 15.9 Å². The molecule has 0 spiro atoms.